The maximum atomic E-state index is 12.5. The van der Waals surface area contributed by atoms with Crippen LogP contribution in [0.2, 0.25) is 0 Å². The molecule has 1 saturated heterocycles. The lowest BCUT2D eigenvalue weighted by molar-refractivity contribution is -0.140. The average molecular weight is 317 g/mol. The molecule has 1 aliphatic rings. The monoisotopic (exact) mass is 317 g/mol. The van der Waals surface area contributed by atoms with Crippen molar-refractivity contribution in [3.8, 4) is 5.75 Å². The van der Waals surface area contributed by atoms with Gasteiger partial charge in [0.2, 0.25) is 11.8 Å². The molecule has 0 aromatic heterocycles. The van der Waals surface area contributed by atoms with Crippen LogP contribution in [0.3, 0.4) is 0 Å². The van der Waals surface area contributed by atoms with Crippen molar-refractivity contribution < 1.29 is 32.6 Å². The molecular weight excluding hydrogens is 303 g/mol. The van der Waals surface area contributed by atoms with E-state index in [0.29, 0.717) is 0 Å². The van der Waals surface area contributed by atoms with E-state index in [0.717, 1.165) is 17.0 Å². The van der Waals surface area contributed by atoms with Gasteiger partial charge in [-0.05, 0) is 18.2 Å². The molecule has 5 nitrogen and oxygen atoms in total. The van der Waals surface area contributed by atoms with Crippen LogP contribution in [0.25, 0.3) is 0 Å². The number of imide groups is 1. The molecule has 0 spiro atoms. The van der Waals surface area contributed by atoms with E-state index in [2.05, 4.69) is 0 Å². The minimum atomic E-state index is -4.48. The summed E-state index contributed by atoms with van der Waals surface area (Å²) in [7, 11) is 0. The molecule has 1 unspecified atom stereocenters. The van der Waals surface area contributed by atoms with Crippen molar-refractivity contribution in [1.82, 2.24) is 4.90 Å². The second-order valence-corrected chi connectivity index (χ2v) is 4.89. The van der Waals surface area contributed by atoms with Gasteiger partial charge in [-0.3, -0.25) is 14.5 Å². The van der Waals surface area contributed by atoms with Crippen molar-refractivity contribution in [3.05, 3.63) is 29.8 Å². The summed E-state index contributed by atoms with van der Waals surface area (Å²) in [5.74, 6) is -0.792. The number of benzene rings is 1. The van der Waals surface area contributed by atoms with E-state index in [-0.39, 0.29) is 43.6 Å². The first-order valence-electron chi connectivity index (χ1n) is 6.58. The third kappa shape index (κ3) is 3.97. The van der Waals surface area contributed by atoms with Crippen LogP contribution >= 0.6 is 0 Å². The summed E-state index contributed by atoms with van der Waals surface area (Å²) >= 11 is 0. The SMILES string of the molecule is O=C1CCC(=O)N1CC(O)COc1cccc(C(F)(F)F)c1. The molecule has 1 heterocycles. The van der Waals surface area contributed by atoms with E-state index in [1.165, 1.54) is 12.1 Å². The van der Waals surface area contributed by atoms with Crippen LogP contribution in [-0.2, 0) is 15.8 Å². The zero-order valence-electron chi connectivity index (χ0n) is 11.5. The third-order valence-electron chi connectivity index (χ3n) is 3.15. The normalized spacial score (nSPS) is 17.0. The topological polar surface area (TPSA) is 66.8 Å². The summed E-state index contributed by atoms with van der Waals surface area (Å²) in [6.45, 7) is -0.547. The molecule has 0 radical (unpaired) electrons. The fourth-order valence-electron chi connectivity index (χ4n) is 2.04. The Bertz CT molecular complexity index is 557. The van der Waals surface area contributed by atoms with Crippen molar-refractivity contribution in [2.45, 2.75) is 25.1 Å². The zero-order valence-corrected chi connectivity index (χ0v) is 11.5. The van der Waals surface area contributed by atoms with Gasteiger partial charge in [0.1, 0.15) is 18.5 Å². The Kier molecular flexibility index (Phi) is 4.70. The van der Waals surface area contributed by atoms with Crippen molar-refractivity contribution >= 4 is 11.8 Å². The van der Waals surface area contributed by atoms with Gasteiger partial charge in [-0.25, -0.2) is 0 Å². The lowest BCUT2D eigenvalue weighted by atomic mass is 10.2. The predicted octanol–water partition coefficient (Wildman–Crippen LogP) is 1.59. The predicted molar refractivity (Wildman–Crippen MR) is 68.9 cm³/mol. The average Bonchev–Trinajstić information content (AvgIpc) is 2.76. The molecule has 1 fully saturated rings. The van der Waals surface area contributed by atoms with E-state index >= 15 is 0 Å². The molecule has 2 rings (SSSR count). The van der Waals surface area contributed by atoms with Crippen LogP contribution in [0.1, 0.15) is 18.4 Å². The number of alkyl halides is 3. The Labute approximate surface area is 124 Å². The second-order valence-electron chi connectivity index (χ2n) is 4.89. The van der Waals surface area contributed by atoms with E-state index in [1.54, 1.807) is 0 Å². The van der Waals surface area contributed by atoms with Crippen LogP contribution < -0.4 is 4.74 Å². The Morgan fingerprint density at radius 2 is 1.86 bits per heavy atom. The van der Waals surface area contributed by atoms with E-state index in [4.69, 9.17) is 4.74 Å². The number of amides is 2. The maximum Gasteiger partial charge on any atom is 0.416 e. The number of nitrogens with zero attached hydrogens (tertiary/aromatic N) is 1. The van der Waals surface area contributed by atoms with Crippen molar-refractivity contribution in [2.75, 3.05) is 13.2 Å². The first-order chi connectivity index (χ1) is 10.3. The Morgan fingerprint density at radius 3 is 2.45 bits per heavy atom. The van der Waals surface area contributed by atoms with Gasteiger partial charge in [0.15, 0.2) is 0 Å². The van der Waals surface area contributed by atoms with Gasteiger partial charge >= 0.3 is 6.18 Å². The summed E-state index contributed by atoms with van der Waals surface area (Å²) in [5.41, 5.74) is -0.857. The maximum absolute atomic E-state index is 12.5. The van der Waals surface area contributed by atoms with Gasteiger partial charge < -0.3 is 9.84 Å². The number of rotatable bonds is 5. The lowest BCUT2D eigenvalue weighted by Crippen LogP contribution is -2.38. The molecule has 0 bridgehead atoms. The third-order valence-corrected chi connectivity index (χ3v) is 3.15. The standard InChI is InChI=1S/C14H14F3NO4/c15-14(16,17)9-2-1-3-11(6-9)22-8-10(19)7-18-12(20)4-5-13(18)21/h1-3,6,10,19H,4-5,7-8H2. The highest BCUT2D eigenvalue weighted by molar-refractivity contribution is 6.01. The molecule has 1 aromatic carbocycles. The lowest BCUT2D eigenvalue weighted by Gasteiger charge is -2.19. The van der Waals surface area contributed by atoms with Gasteiger partial charge in [0, 0.05) is 12.8 Å². The van der Waals surface area contributed by atoms with Crippen LogP contribution in [0.15, 0.2) is 24.3 Å². The summed E-state index contributed by atoms with van der Waals surface area (Å²) in [5, 5.41) is 9.74. The van der Waals surface area contributed by atoms with Crippen LogP contribution in [0, 0.1) is 0 Å². The molecule has 1 atom stereocenters. The number of hydrogen-bond acceptors (Lipinski definition) is 4. The minimum absolute atomic E-state index is 0.0482. The van der Waals surface area contributed by atoms with E-state index in [9.17, 15) is 27.9 Å². The molecule has 1 N–H and O–H groups in total. The Balaban J connectivity index is 1.90. The number of hydrogen-bond donors (Lipinski definition) is 1. The summed E-state index contributed by atoms with van der Waals surface area (Å²) in [6.07, 6.45) is -5.42. The molecule has 8 heteroatoms. The number of carbonyl (C=O) groups is 2. The van der Waals surface area contributed by atoms with Crippen molar-refractivity contribution in [1.29, 1.82) is 0 Å². The molecule has 22 heavy (non-hydrogen) atoms. The number of β-amino-alcohol motifs (C(OH)–C–C–N with tert-alkyl or cyclic N) is 1. The highest BCUT2D eigenvalue weighted by Gasteiger charge is 2.31. The van der Waals surface area contributed by atoms with Crippen molar-refractivity contribution in [3.63, 3.8) is 0 Å². The highest BCUT2D eigenvalue weighted by atomic mass is 19.4. The Hall–Kier alpha value is -2.09. The summed E-state index contributed by atoms with van der Waals surface area (Å²) < 4.78 is 42.7. The number of carbonyl (C=O) groups excluding carboxylic acids is 2. The fraction of sp³-hybridized carbons (Fsp3) is 0.429. The van der Waals surface area contributed by atoms with Gasteiger partial charge in [-0.1, -0.05) is 6.07 Å². The fourth-order valence-corrected chi connectivity index (χ4v) is 2.04. The van der Waals surface area contributed by atoms with Crippen LogP contribution in [0.4, 0.5) is 13.2 Å². The number of aliphatic hydroxyl groups excluding tert-OH is 1. The van der Waals surface area contributed by atoms with Gasteiger partial charge in [-0.15, -0.1) is 0 Å². The minimum Gasteiger partial charge on any atom is -0.491 e. The molecule has 2 amide bonds. The Morgan fingerprint density at radius 1 is 1.23 bits per heavy atom. The van der Waals surface area contributed by atoms with E-state index in [1.807, 2.05) is 0 Å². The smallest absolute Gasteiger partial charge is 0.416 e. The molecule has 1 aliphatic heterocycles. The highest BCUT2D eigenvalue weighted by Crippen LogP contribution is 2.31. The van der Waals surface area contributed by atoms with E-state index < -0.39 is 17.8 Å². The van der Waals surface area contributed by atoms with Gasteiger partial charge in [0.05, 0.1) is 12.1 Å². The summed E-state index contributed by atoms with van der Waals surface area (Å²) in [4.78, 5) is 23.7. The molecule has 0 aliphatic carbocycles. The first kappa shape index (κ1) is 16.3. The molecule has 1 aromatic rings. The van der Waals surface area contributed by atoms with Gasteiger partial charge in [0.25, 0.3) is 0 Å². The molecular formula is C14H14F3NO4. The largest absolute Gasteiger partial charge is 0.491 e. The summed E-state index contributed by atoms with van der Waals surface area (Å²) in [6, 6.07) is 4.25. The van der Waals surface area contributed by atoms with Crippen LogP contribution in [-0.4, -0.2) is 41.1 Å². The number of ether oxygens (including phenoxy) is 1. The van der Waals surface area contributed by atoms with Gasteiger partial charge in [-0.2, -0.15) is 13.2 Å². The first-order valence-corrected chi connectivity index (χ1v) is 6.58. The second kappa shape index (κ2) is 6.35. The number of likely N-dealkylation sites (tertiary alicyclic amines) is 1. The molecule has 0 saturated carbocycles. The quantitative estimate of drug-likeness (QED) is 0.838. The number of aliphatic hydroxyl groups is 1. The molecule has 120 valence electrons. The van der Waals surface area contributed by atoms with Crippen LogP contribution in [0.5, 0.6) is 5.75 Å². The number of halogens is 3. The van der Waals surface area contributed by atoms with Crippen molar-refractivity contribution in [2.24, 2.45) is 0 Å². The zero-order chi connectivity index (χ0) is 16.3.